The Morgan fingerprint density at radius 3 is 2.18 bits per heavy atom. The SMILES string of the molecule is O=CO.O=c1ccc2c(-c3ccccc3Cl)cc(NC(CO)CO)nc2n1-c1ccccc1Cl. The summed E-state index contributed by atoms with van der Waals surface area (Å²) in [4.78, 5) is 25.9. The molecule has 2 heterocycles. The van der Waals surface area contributed by atoms with Gasteiger partial charge in [-0.3, -0.25) is 14.2 Å². The quantitative estimate of drug-likeness (QED) is 0.296. The van der Waals surface area contributed by atoms with E-state index in [9.17, 15) is 15.0 Å². The van der Waals surface area contributed by atoms with E-state index in [2.05, 4.69) is 10.3 Å². The van der Waals surface area contributed by atoms with Gasteiger partial charge in [0, 0.05) is 22.0 Å². The van der Waals surface area contributed by atoms with Gasteiger partial charge in [-0.2, -0.15) is 0 Å². The molecule has 4 N–H and O–H groups in total. The minimum Gasteiger partial charge on any atom is -0.483 e. The number of nitrogens with zero attached hydrogens (tertiary/aromatic N) is 2. The van der Waals surface area contributed by atoms with E-state index >= 15 is 0 Å². The summed E-state index contributed by atoms with van der Waals surface area (Å²) in [5, 5.41) is 30.5. The molecule has 0 aliphatic heterocycles. The molecule has 4 aromatic rings. The van der Waals surface area contributed by atoms with E-state index in [0.717, 1.165) is 11.1 Å². The summed E-state index contributed by atoms with van der Waals surface area (Å²) < 4.78 is 1.44. The predicted octanol–water partition coefficient (Wildman–Crippen LogP) is 3.83. The summed E-state index contributed by atoms with van der Waals surface area (Å²) in [6.45, 7) is -0.826. The van der Waals surface area contributed by atoms with Crippen LogP contribution in [0.4, 0.5) is 5.82 Å². The Bertz CT molecular complexity index is 1360. The summed E-state index contributed by atoms with van der Waals surface area (Å²) >= 11 is 12.9. The third-order valence-corrected chi connectivity index (χ3v) is 5.56. The van der Waals surface area contributed by atoms with Crippen molar-refractivity contribution in [2.45, 2.75) is 6.04 Å². The fourth-order valence-electron chi connectivity index (χ4n) is 3.41. The van der Waals surface area contributed by atoms with E-state index in [-0.39, 0.29) is 25.2 Å². The molecule has 0 bridgehead atoms. The number of carbonyl (C=O) groups is 1. The minimum atomic E-state index is -0.617. The van der Waals surface area contributed by atoms with Crippen LogP contribution in [0.3, 0.4) is 0 Å². The lowest BCUT2D eigenvalue weighted by Crippen LogP contribution is -2.28. The molecule has 4 rings (SSSR count). The fourth-order valence-corrected chi connectivity index (χ4v) is 3.87. The average Bonchev–Trinajstić information content (AvgIpc) is 2.83. The molecule has 2 aromatic carbocycles. The monoisotopic (exact) mass is 501 g/mol. The molecular weight excluding hydrogens is 481 g/mol. The van der Waals surface area contributed by atoms with Crippen LogP contribution in [-0.2, 0) is 4.79 Å². The molecule has 0 saturated heterocycles. The lowest BCUT2D eigenvalue weighted by atomic mass is 10.0. The van der Waals surface area contributed by atoms with Crippen LogP contribution in [-0.4, -0.2) is 50.6 Å². The highest BCUT2D eigenvalue weighted by Gasteiger charge is 2.17. The van der Waals surface area contributed by atoms with E-state index in [1.54, 1.807) is 42.5 Å². The Morgan fingerprint density at radius 2 is 1.56 bits per heavy atom. The van der Waals surface area contributed by atoms with E-state index in [1.807, 2.05) is 18.2 Å². The van der Waals surface area contributed by atoms with Crippen LogP contribution >= 0.6 is 23.2 Å². The average molecular weight is 502 g/mol. The van der Waals surface area contributed by atoms with Crippen molar-refractivity contribution in [3.05, 3.63) is 87.1 Å². The van der Waals surface area contributed by atoms with E-state index in [4.69, 9.17) is 33.1 Å². The van der Waals surface area contributed by atoms with Crippen LogP contribution in [0.15, 0.2) is 71.5 Å². The van der Waals surface area contributed by atoms with Gasteiger partial charge in [-0.15, -0.1) is 0 Å². The summed E-state index contributed by atoms with van der Waals surface area (Å²) in [5.41, 5.74) is 2.07. The van der Waals surface area contributed by atoms with Gasteiger partial charge in [0.05, 0.1) is 30.0 Å². The Labute approximate surface area is 204 Å². The number of benzene rings is 2. The van der Waals surface area contributed by atoms with Gasteiger partial charge in [-0.25, -0.2) is 4.98 Å². The number of aliphatic hydroxyl groups excluding tert-OH is 2. The molecule has 0 fully saturated rings. The van der Waals surface area contributed by atoms with Crippen molar-refractivity contribution in [1.82, 2.24) is 9.55 Å². The first-order valence-corrected chi connectivity index (χ1v) is 10.8. The second-order valence-corrected chi connectivity index (χ2v) is 7.86. The van der Waals surface area contributed by atoms with Gasteiger partial charge in [-0.05, 0) is 35.9 Å². The first kappa shape index (κ1) is 25.2. The second-order valence-electron chi connectivity index (χ2n) is 7.04. The Kier molecular flexibility index (Phi) is 8.61. The summed E-state index contributed by atoms with van der Waals surface area (Å²) in [7, 11) is 0. The number of nitrogens with one attached hydrogen (secondary N) is 1. The van der Waals surface area contributed by atoms with E-state index < -0.39 is 6.04 Å². The highest BCUT2D eigenvalue weighted by molar-refractivity contribution is 6.34. The summed E-state index contributed by atoms with van der Waals surface area (Å²) in [6.07, 6.45) is 0. The predicted molar refractivity (Wildman–Crippen MR) is 133 cm³/mol. The zero-order valence-corrected chi connectivity index (χ0v) is 19.2. The van der Waals surface area contributed by atoms with Gasteiger partial charge < -0.3 is 20.6 Å². The number of para-hydroxylation sites is 1. The molecule has 34 heavy (non-hydrogen) atoms. The normalized spacial score (nSPS) is 10.6. The zero-order chi connectivity index (χ0) is 24.7. The standard InChI is InChI=1S/C23H19Cl2N3O3.CH2O2/c24-18-6-2-1-5-15(18)17-11-21(26-14(12-29)13-30)27-23-16(17)9-10-22(31)28(23)20-8-4-3-7-19(20)25;2-1-3/h1-11,14,29-30H,12-13H2,(H,26,27);1H,(H,2,3). The molecule has 0 atom stereocenters. The molecule has 0 saturated carbocycles. The molecule has 0 spiro atoms. The molecular formula is C24H21Cl2N3O5. The van der Waals surface area contributed by atoms with Crippen molar-refractivity contribution < 1.29 is 20.1 Å². The summed E-state index contributed by atoms with van der Waals surface area (Å²) in [6, 6.07) is 18.7. The van der Waals surface area contributed by atoms with Gasteiger partial charge >= 0.3 is 0 Å². The maximum Gasteiger partial charge on any atom is 0.290 e. The van der Waals surface area contributed by atoms with Crippen molar-refractivity contribution in [3.8, 4) is 16.8 Å². The lowest BCUT2D eigenvalue weighted by Gasteiger charge is -2.19. The molecule has 2 aromatic heterocycles. The van der Waals surface area contributed by atoms with Crippen molar-refractivity contribution in [2.24, 2.45) is 0 Å². The van der Waals surface area contributed by atoms with E-state index in [0.29, 0.717) is 32.6 Å². The summed E-state index contributed by atoms with van der Waals surface area (Å²) in [5.74, 6) is 0.377. The lowest BCUT2D eigenvalue weighted by molar-refractivity contribution is -0.122. The Morgan fingerprint density at radius 1 is 0.941 bits per heavy atom. The first-order chi connectivity index (χ1) is 16.4. The van der Waals surface area contributed by atoms with Crippen LogP contribution in [0.2, 0.25) is 10.0 Å². The number of anilines is 1. The van der Waals surface area contributed by atoms with Crippen LogP contribution in [0, 0.1) is 0 Å². The van der Waals surface area contributed by atoms with Crippen molar-refractivity contribution in [1.29, 1.82) is 0 Å². The molecule has 0 aliphatic carbocycles. The number of pyridine rings is 2. The van der Waals surface area contributed by atoms with Gasteiger partial charge in [0.15, 0.2) is 0 Å². The molecule has 0 amide bonds. The highest BCUT2D eigenvalue weighted by Crippen LogP contribution is 2.35. The Hall–Kier alpha value is -3.43. The van der Waals surface area contributed by atoms with Crippen molar-refractivity contribution in [2.75, 3.05) is 18.5 Å². The number of halogens is 2. The number of hydrogen-bond donors (Lipinski definition) is 4. The van der Waals surface area contributed by atoms with Crippen LogP contribution < -0.4 is 10.9 Å². The Balaban J connectivity index is 0.00000103. The molecule has 0 unspecified atom stereocenters. The first-order valence-electron chi connectivity index (χ1n) is 10.1. The molecule has 0 aliphatic rings. The zero-order valence-electron chi connectivity index (χ0n) is 17.7. The number of carboxylic acid groups (broad SMARTS) is 1. The van der Waals surface area contributed by atoms with Gasteiger partial charge in [-0.1, -0.05) is 53.5 Å². The molecule has 8 nitrogen and oxygen atoms in total. The topological polar surface area (TPSA) is 125 Å². The van der Waals surface area contributed by atoms with Crippen LogP contribution in [0.25, 0.3) is 27.8 Å². The molecule has 0 radical (unpaired) electrons. The van der Waals surface area contributed by atoms with Gasteiger partial charge in [0.25, 0.3) is 12.0 Å². The fraction of sp³-hybridized carbons (Fsp3) is 0.125. The number of aliphatic hydroxyl groups is 2. The van der Waals surface area contributed by atoms with Gasteiger partial charge in [0.1, 0.15) is 11.5 Å². The molecule has 176 valence electrons. The van der Waals surface area contributed by atoms with Crippen LogP contribution in [0.5, 0.6) is 0 Å². The maximum absolute atomic E-state index is 12.9. The van der Waals surface area contributed by atoms with E-state index in [1.165, 1.54) is 10.6 Å². The number of hydrogen-bond acceptors (Lipinski definition) is 6. The third kappa shape index (κ3) is 5.37. The highest BCUT2D eigenvalue weighted by atomic mass is 35.5. The third-order valence-electron chi connectivity index (χ3n) is 4.91. The largest absolute Gasteiger partial charge is 0.483 e. The number of fused-ring (bicyclic) bond motifs is 1. The number of aromatic nitrogens is 2. The van der Waals surface area contributed by atoms with Gasteiger partial charge in [0.2, 0.25) is 0 Å². The number of rotatable bonds is 6. The van der Waals surface area contributed by atoms with Crippen LogP contribution in [0.1, 0.15) is 0 Å². The minimum absolute atomic E-state index is 0.250. The smallest absolute Gasteiger partial charge is 0.290 e. The van der Waals surface area contributed by atoms with Crippen molar-refractivity contribution >= 4 is 46.5 Å². The molecule has 10 heteroatoms. The maximum atomic E-state index is 12.9. The van der Waals surface area contributed by atoms with Crippen molar-refractivity contribution in [3.63, 3.8) is 0 Å². The second kappa shape index (κ2) is 11.6.